The summed E-state index contributed by atoms with van der Waals surface area (Å²) in [5, 5.41) is 3.85. The molecule has 3 heteroatoms. The minimum Gasteiger partial charge on any atom is -0.359 e. The van der Waals surface area contributed by atoms with Crippen molar-refractivity contribution >= 4 is 5.78 Å². The molecule has 0 aromatic carbocycles. The predicted octanol–water partition coefficient (Wildman–Crippen LogP) is 4.69. The van der Waals surface area contributed by atoms with E-state index in [9.17, 15) is 4.79 Å². The third-order valence-electron chi connectivity index (χ3n) is 9.69. The van der Waals surface area contributed by atoms with Crippen LogP contribution in [0.4, 0.5) is 0 Å². The van der Waals surface area contributed by atoms with Gasteiger partial charge < -0.3 is 4.74 Å². The number of carbonyl (C=O) groups excluding carboxylic acids is 1. The third kappa shape index (κ3) is 2.28. The van der Waals surface area contributed by atoms with E-state index in [4.69, 9.17) is 4.74 Å². The number of carbonyl (C=O) groups is 1. The van der Waals surface area contributed by atoms with Gasteiger partial charge in [-0.2, -0.15) is 0 Å². The Morgan fingerprint density at radius 1 is 0.962 bits per heavy atom. The number of hydrogen-bond acceptors (Lipinski definition) is 3. The molecule has 4 aliphatic carbocycles. The first-order chi connectivity index (χ1) is 12.2. The highest BCUT2D eigenvalue weighted by Crippen LogP contribution is 2.66. The standard InChI is InChI=1S/C23H37NO2/c1-20(2)14-26-23(24-20)12-11-21(3)15(13-23)5-6-16-17-7-8-19(25)22(17,4)10-9-18(16)21/h15-18,24H,5-14H2,1-4H3/t15-,16+,17+,18+,21+,22+,23?/m1/s1. The maximum atomic E-state index is 12.6. The first-order valence-electron chi connectivity index (χ1n) is 11.1. The van der Waals surface area contributed by atoms with Crippen LogP contribution in [0.5, 0.6) is 0 Å². The van der Waals surface area contributed by atoms with Gasteiger partial charge in [0.2, 0.25) is 0 Å². The highest BCUT2D eigenvalue weighted by atomic mass is 16.5. The van der Waals surface area contributed by atoms with E-state index >= 15 is 0 Å². The molecular weight excluding hydrogens is 322 g/mol. The van der Waals surface area contributed by atoms with Gasteiger partial charge in [0.15, 0.2) is 0 Å². The van der Waals surface area contributed by atoms with Crippen LogP contribution in [0.3, 0.4) is 0 Å². The molecule has 5 rings (SSSR count). The van der Waals surface area contributed by atoms with Crippen molar-refractivity contribution in [3.8, 4) is 0 Å². The summed E-state index contributed by atoms with van der Waals surface area (Å²) in [7, 11) is 0. The molecule has 3 nitrogen and oxygen atoms in total. The average Bonchev–Trinajstić information content (AvgIpc) is 3.05. The number of nitrogens with one attached hydrogen (secondary N) is 1. The molecule has 0 radical (unpaired) electrons. The molecule has 146 valence electrons. The molecule has 1 aliphatic heterocycles. The Morgan fingerprint density at radius 3 is 2.50 bits per heavy atom. The molecule has 1 saturated heterocycles. The summed E-state index contributed by atoms with van der Waals surface area (Å²) in [5.41, 5.74) is 0.522. The van der Waals surface area contributed by atoms with Gasteiger partial charge in [0.25, 0.3) is 0 Å². The number of Topliss-reactive ketones (excluding diaryl/α,β-unsaturated/α-hetero) is 1. The molecular formula is C23H37NO2. The first-order valence-corrected chi connectivity index (χ1v) is 11.1. The molecule has 7 atom stereocenters. The second-order valence-corrected chi connectivity index (χ2v) is 11.6. The maximum absolute atomic E-state index is 12.6. The van der Waals surface area contributed by atoms with Crippen molar-refractivity contribution in [1.82, 2.24) is 5.32 Å². The molecule has 1 heterocycles. The van der Waals surface area contributed by atoms with Gasteiger partial charge in [-0.25, -0.2) is 0 Å². The largest absolute Gasteiger partial charge is 0.359 e. The van der Waals surface area contributed by atoms with Crippen LogP contribution in [0, 0.1) is 34.5 Å². The van der Waals surface area contributed by atoms with Gasteiger partial charge in [0.05, 0.1) is 6.61 Å². The van der Waals surface area contributed by atoms with Crippen LogP contribution in [-0.2, 0) is 9.53 Å². The molecule has 1 N–H and O–H groups in total. The van der Waals surface area contributed by atoms with Gasteiger partial charge in [-0.3, -0.25) is 10.1 Å². The average molecular weight is 360 g/mol. The summed E-state index contributed by atoms with van der Waals surface area (Å²) >= 11 is 0. The van der Waals surface area contributed by atoms with E-state index in [2.05, 4.69) is 33.0 Å². The van der Waals surface area contributed by atoms with E-state index in [1.165, 1.54) is 38.5 Å². The predicted molar refractivity (Wildman–Crippen MR) is 103 cm³/mol. The van der Waals surface area contributed by atoms with E-state index in [1.54, 1.807) is 0 Å². The lowest BCUT2D eigenvalue weighted by Gasteiger charge is -2.61. The van der Waals surface area contributed by atoms with Crippen LogP contribution < -0.4 is 5.32 Å². The van der Waals surface area contributed by atoms with Crippen LogP contribution in [0.2, 0.25) is 0 Å². The lowest BCUT2D eigenvalue weighted by Crippen LogP contribution is -2.59. The maximum Gasteiger partial charge on any atom is 0.139 e. The second kappa shape index (κ2) is 5.35. The second-order valence-electron chi connectivity index (χ2n) is 11.6. The normalized spacial score (nSPS) is 55.5. The van der Waals surface area contributed by atoms with E-state index in [0.717, 1.165) is 43.6 Å². The first kappa shape index (κ1) is 17.7. The Morgan fingerprint density at radius 2 is 1.77 bits per heavy atom. The highest BCUT2D eigenvalue weighted by molar-refractivity contribution is 5.87. The van der Waals surface area contributed by atoms with Crippen LogP contribution in [0.25, 0.3) is 0 Å². The fourth-order valence-electron chi connectivity index (χ4n) is 8.25. The Balaban J connectivity index is 1.39. The number of rotatable bonds is 0. The van der Waals surface area contributed by atoms with Crippen molar-refractivity contribution in [2.24, 2.45) is 34.5 Å². The third-order valence-corrected chi connectivity index (χ3v) is 9.69. The number of hydrogen-bond donors (Lipinski definition) is 1. The van der Waals surface area contributed by atoms with Crippen LogP contribution in [-0.4, -0.2) is 23.7 Å². The lowest BCUT2D eigenvalue weighted by atomic mass is 9.45. The van der Waals surface area contributed by atoms with Crippen molar-refractivity contribution in [2.45, 2.75) is 96.7 Å². The van der Waals surface area contributed by atoms with E-state index < -0.39 is 0 Å². The summed E-state index contributed by atoms with van der Waals surface area (Å²) < 4.78 is 6.37. The SMILES string of the molecule is CC1(C)COC2(CC[C@@]3(C)[C@H](CC[C@@H]4[C@@H]3CC[C@]3(C)C(=O)CC[C@@H]43)C2)N1. The molecule has 0 amide bonds. The van der Waals surface area contributed by atoms with Crippen LogP contribution >= 0.6 is 0 Å². The molecule has 4 saturated carbocycles. The van der Waals surface area contributed by atoms with E-state index in [0.29, 0.717) is 17.1 Å². The van der Waals surface area contributed by atoms with E-state index in [1.807, 2.05) is 0 Å². The topological polar surface area (TPSA) is 38.3 Å². The Kier molecular flexibility index (Phi) is 3.63. The van der Waals surface area contributed by atoms with Gasteiger partial charge in [0.1, 0.15) is 11.5 Å². The Labute approximate surface area is 159 Å². The highest BCUT2D eigenvalue weighted by Gasteiger charge is 2.62. The molecule has 0 bridgehead atoms. The van der Waals surface area contributed by atoms with E-state index in [-0.39, 0.29) is 16.7 Å². The molecule has 1 unspecified atom stereocenters. The van der Waals surface area contributed by atoms with Crippen molar-refractivity contribution in [1.29, 1.82) is 0 Å². The van der Waals surface area contributed by atoms with Gasteiger partial charge in [0, 0.05) is 17.4 Å². The zero-order chi connectivity index (χ0) is 18.4. The van der Waals surface area contributed by atoms with Gasteiger partial charge in [-0.05, 0) is 94.3 Å². The van der Waals surface area contributed by atoms with Gasteiger partial charge in [-0.15, -0.1) is 0 Å². The molecule has 5 aliphatic rings. The number of fused-ring (bicyclic) bond motifs is 5. The molecule has 26 heavy (non-hydrogen) atoms. The summed E-state index contributed by atoms with van der Waals surface area (Å²) in [5.74, 6) is 3.64. The minimum absolute atomic E-state index is 0.0143. The van der Waals surface area contributed by atoms with Gasteiger partial charge in [-0.1, -0.05) is 13.8 Å². The van der Waals surface area contributed by atoms with Gasteiger partial charge >= 0.3 is 0 Å². The Bertz CT molecular complexity index is 630. The summed E-state index contributed by atoms with van der Waals surface area (Å²) in [6.45, 7) is 10.3. The van der Waals surface area contributed by atoms with Crippen molar-refractivity contribution in [2.75, 3.05) is 6.61 Å². The number of ketones is 1. The zero-order valence-corrected chi connectivity index (χ0v) is 17.2. The quantitative estimate of drug-likeness (QED) is 0.682. The van der Waals surface area contributed by atoms with Crippen molar-refractivity contribution < 1.29 is 9.53 Å². The molecule has 5 fully saturated rings. The Hall–Kier alpha value is -0.410. The lowest BCUT2D eigenvalue weighted by molar-refractivity contribution is -0.160. The fourth-order valence-corrected chi connectivity index (χ4v) is 8.25. The van der Waals surface area contributed by atoms with Crippen LogP contribution in [0.1, 0.15) is 85.5 Å². The monoisotopic (exact) mass is 359 g/mol. The zero-order valence-electron chi connectivity index (χ0n) is 17.2. The summed E-state index contributed by atoms with van der Waals surface area (Å²) in [6.07, 6.45) is 10.8. The van der Waals surface area contributed by atoms with Crippen molar-refractivity contribution in [3.63, 3.8) is 0 Å². The smallest absolute Gasteiger partial charge is 0.139 e. The molecule has 1 spiro atoms. The molecule has 0 aromatic heterocycles. The minimum atomic E-state index is -0.0625. The van der Waals surface area contributed by atoms with Crippen molar-refractivity contribution in [3.05, 3.63) is 0 Å². The fraction of sp³-hybridized carbons (Fsp3) is 0.957. The summed E-state index contributed by atoms with van der Waals surface area (Å²) in [4.78, 5) is 12.6. The van der Waals surface area contributed by atoms with Crippen LogP contribution in [0.15, 0.2) is 0 Å². The number of ether oxygens (including phenoxy) is 1. The molecule has 0 aromatic rings. The summed E-state index contributed by atoms with van der Waals surface area (Å²) in [6, 6.07) is 0.